The van der Waals surface area contributed by atoms with Crippen molar-refractivity contribution in [2.45, 2.75) is 71.1 Å². The van der Waals surface area contributed by atoms with Gasteiger partial charge in [0.1, 0.15) is 0 Å². The van der Waals surface area contributed by atoms with Crippen molar-refractivity contribution in [3.05, 3.63) is 36.8 Å². The van der Waals surface area contributed by atoms with E-state index in [0.29, 0.717) is 0 Å². The molecule has 0 aromatic heterocycles. The molecule has 1 aromatic rings. The average molecular weight is 274 g/mol. The van der Waals surface area contributed by atoms with Crippen LogP contribution in [-0.4, -0.2) is 6.54 Å². The Morgan fingerprint density at radius 3 is 2.05 bits per heavy atom. The van der Waals surface area contributed by atoms with Crippen molar-refractivity contribution in [1.82, 2.24) is 0 Å². The minimum Gasteiger partial charge on any atom is -0.385 e. The van der Waals surface area contributed by atoms with Crippen molar-refractivity contribution in [1.29, 1.82) is 0 Å². The van der Waals surface area contributed by atoms with Gasteiger partial charge in [-0.3, -0.25) is 0 Å². The maximum absolute atomic E-state index is 3.95. The smallest absolute Gasteiger partial charge is 0.0342 e. The molecule has 1 N–H and O–H groups in total. The van der Waals surface area contributed by atoms with Gasteiger partial charge in [0, 0.05) is 12.2 Å². The molecule has 0 fully saturated rings. The van der Waals surface area contributed by atoms with Crippen molar-refractivity contribution in [3.8, 4) is 0 Å². The number of unbranched alkanes of at least 4 members (excludes halogenated alkanes) is 9. The van der Waals surface area contributed by atoms with Crippen LogP contribution in [0.15, 0.2) is 24.3 Å². The number of hydrogen-bond donors (Lipinski definition) is 1. The summed E-state index contributed by atoms with van der Waals surface area (Å²) in [5, 5.41) is 3.47. The van der Waals surface area contributed by atoms with Crippen LogP contribution in [0.5, 0.6) is 0 Å². The fraction of sp³-hybridized carbons (Fsp3) is 0.632. The normalized spacial score (nSPS) is 10.7. The Hall–Kier alpha value is -0.980. The van der Waals surface area contributed by atoms with Crippen LogP contribution in [0.25, 0.3) is 0 Å². The van der Waals surface area contributed by atoms with Crippen LogP contribution in [0.1, 0.15) is 76.7 Å². The molecule has 1 nitrogen and oxygen atoms in total. The maximum Gasteiger partial charge on any atom is 0.0342 e. The zero-order valence-electron chi connectivity index (χ0n) is 13.3. The largest absolute Gasteiger partial charge is 0.385 e. The van der Waals surface area contributed by atoms with E-state index in [1.165, 1.54) is 69.9 Å². The molecule has 0 atom stereocenters. The molecule has 1 radical (unpaired) electrons. The average Bonchev–Trinajstić information content (AvgIpc) is 2.45. The van der Waals surface area contributed by atoms with Crippen LogP contribution in [0.4, 0.5) is 5.69 Å². The van der Waals surface area contributed by atoms with Crippen LogP contribution in [-0.2, 0) is 0 Å². The Balaban J connectivity index is 1.85. The van der Waals surface area contributed by atoms with E-state index in [1.807, 2.05) is 6.07 Å². The molecule has 0 bridgehead atoms. The third-order valence-corrected chi connectivity index (χ3v) is 3.79. The Morgan fingerprint density at radius 1 is 0.850 bits per heavy atom. The molecule has 1 rings (SSSR count). The Kier molecular flexibility index (Phi) is 10.1. The number of nitrogens with one attached hydrogen (secondary N) is 1. The van der Waals surface area contributed by atoms with Crippen molar-refractivity contribution in [2.75, 3.05) is 11.9 Å². The highest BCUT2D eigenvalue weighted by molar-refractivity contribution is 5.46. The van der Waals surface area contributed by atoms with Gasteiger partial charge >= 0.3 is 0 Å². The first-order chi connectivity index (χ1) is 9.83. The van der Waals surface area contributed by atoms with Crippen molar-refractivity contribution < 1.29 is 0 Å². The zero-order valence-corrected chi connectivity index (χ0v) is 13.3. The van der Waals surface area contributed by atoms with Gasteiger partial charge in [-0.25, -0.2) is 0 Å². The third-order valence-electron chi connectivity index (χ3n) is 3.79. The minimum absolute atomic E-state index is 1.08. The number of benzene rings is 1. The van der Waals surface area contributed by atoms with Crippen LogP contribution < -0.4 is 5.32 Å². The highest BCUT2D eigenvalue weighted by Crippen LogP contribution is 2.12. The summed E-state index contributed by atoms with van der Waals surface area (Å²) in [6.45, 7) is 7.31. The van der Waals surface area contributed by atoms with Crippen LogP contribution in [0, 0.1) is 6.92 Å². The van der Waals surface area contributed by atoms with E-state index in [4.69, 9.17) is 0 Å². The van der Waals surface area contributed by atoms with E-state index in [-0.39, 0.29) is 0 Å². The summed E-state index contributed by atoms with van der Waals surface area (Å²) in [6, 6.07) is 8.32. The van der Waals surface area contributed by atoms with Gasteiger partial charge in [0.25, 0.3) is 0 Å². The van der Waals surface area contributed by atoms with E-state index in [1.54, 1.807) is 0 Å². The van der Waals surface area contributed by atoms with E-state index in [9.17, 15) is 0 Å². The van der Waals surface area contributed by atoms with Crippen LogP contribution in [0.2, 0.25) is 0 Å². The quantitative estimate of drug-likeness (QED) is 0.447. The molecule has 1 aromatic carbocycles. The molecule has 0 unspecified atom stereocenters. The molecular weight excluding hydrogens is 242 g/mol. The van der Waals surface area contributed by atoms with Gasteiger partial charge in [-0.05, 0) is 31.0 Å². The maximum atomic E-state index is 3.95. The van der Waals surface area contributed by atoms with Crippen molar-refractivity contribution >= 4 is 5.69 Å². The lowest BCUT2D eigenvalue weighted by Crippen LogP contribution is -2.01. The second kappa shape index (κ2) is 11.8. The van der Waals surface area contributed by atoms with Gasteiger partial charge in [0.15, 0.2) is 0 Å². The molecule has 0 amide bonds. The summed E-state index contributed by atoms with van der Waals surface area (Å²) in [6.07, 6.45) is 14.0. The van der Waals surface area contributed by atoms with Gasteiger partial charge < -0.3 is 5.32 Å². The molecule has 0 aliphatic heterocycles. The molecule has 0 aliphatic rings. The van der Waals surface area contributed by atoms with Gasteiger partial charge in [-0.15, -0.1) is 0 Å². The van der Waals surface area contributed by atoms with E-state index in [2.05, 4.69) is 37.4 Å². The fourth-order valence-corrected chi connectivity index (χ4v) is 2.53. The van der Waals surface area contributed by atoms with Gasteiger partial charge in [-0.2, -0.15) is 0 Å². The van der Waals surface area contributed by atoms with Crippen molar-refractivity contribution in [2.24, 2.45) is 0 Å². The first kappa shape index (κ1) is 17.1. The number of anilines is 1. The Morgan fingerprint density at radius 2 is 1.45 bits per heavy atom. The second-order valence-electron chi connectivity index (χ2n) is 5.81. The van der Waals surface area contributed by atoms with E-state index >= 15 is 0 Å². The van der Waals surface area contributed by atoms with Gasteiger partial charge in [0.05, 0.1) is 0 Å². The van der Waals surface area contributed by atoms with Crippen molar-refractivity contribution in [3.63, 3.8) is 0 Å². The molecule has 0 aliphatic carbocycles. The highest BCUT2D eigenvalue weighted by atomic mass is 14.9. The predicted molar refractivity (Wildman–Crippen MR) is 91.2 cm³/mol. The lowest BCUT2D eigenvalue weighted by Gasteiger charge is -2.07. The molecule has 0 spiro atoms. The van der Waals surface area contributed by atoms with Gasteiger partial charge in [0.2, 0.25) is 0 Å². The fourth-order valence-electron chi connectivity index (χ4n) is 2.53. The SMILES string of the molecule is [CH2]c1cccc(NCCCCCCCCCCCC)c1. The summed E-state index contributed by atoms with van der Waals surface area (Å²) < 4.78 is 0. The number of hydrogen-bond acceptors (Lipinski definition) is 1. The molecule has 1 heteroatoms. The zero-order chi connectivity index (χ0) is 14.5. The van der Waals surface area contributed by atoms with Crippen LogP contribution >= 0.6 is 0 Å². The second-order valence-corrected chi connectivity index (χ2v) is 5.81. The predicted octanol–water partition coefficient (Wildman–Crippen LogP) is 6.20. The first-order valence-electron chi connectivity index (χ1n) is 8.49. The minimum atomic E-state index is 1.08. The molecule has 20 heavy (non-hydrogen) atoms. The van der Waals surface area contributed by atoms with Crippen LogP contribution in [0.3, 0.4) is 0 Å². The Labute approximate surface area is 126 Å². The van der Waals surface area contributed by atoms with Gasteiger partial charge in [-0.1, -0.05) is 76.8 Å². The molecule has 0 saturated carbocycles. The first-order valence-corrected chi connectivity index (χ1v) is 8.49. The van der Waals surface area contributed by atoms with E-state index in [0.717, 1.165) is 12.1 Å². The molecule has 0 saturated heterocycles. The standard InChI is InChI=1S/C19H32N/c1-3-4-5-6-7-8-9-10-11-12-16-20-19-15-13-14-18(2)17-19/h13-15,17,20H,2-12,16H2,1H3. The Bertz CT molecular complexity index is 332. The summed E-state index contributed by atoms with van der Waals surface area (Å²) in [5.74, 6) is 0. The topological polar surface area (TPSA) is 12.0 Å². The third kappa shape index (κ3) is 9.01. The lowest BCUT2D eigenvalue weighted by molar-refractivity contribution is 0.560. The number of rotatable bonds is 12. The molecule has 0 heterocycles. The highest BCUT2D eigenvalue weighted by Gasteiger charge is 1.94. The monoisotopic (exact) mass is 274 g/mol. The summed E-state index contributed by atoms with van der Waals surface area (Å²) in [5.41, 5.74) is 2.28. The summed E-state index contributed by atoms with van der Waals surface area (Å²) in [7, 11) is 0. The summed E-state index contributed by atoms with van der Waals surface area (Å²) in [4.78, 5) is 0. The van der Waals surface area contributed by atoms with E-state index < -0.39 is 0 Å². The lowest BCUT2D eigenvalue weighted by atomic mass is 10.1. The molecular formula is C19H32N. The summed E-state index contributed by atoms with van der Waals surface area (Å²) >= 11 is 0. The molecule has 113 valence electrons.